The van der Waals surface area contributed by atoms with Crippen LogP contribution in [0.25, 0.3) is 5.69 Å². The number of benzene rings is 1. The highest BCUT2D eigenvalue weighted by Crippen LogP contribution is 2.20. The van der Waals surface area contributed by atoms with Crippen molar-refractivity contribution in [2.75, 3.05) is 18.4 Å². The zero-order chi connectivity index (χ0) is 18.5. The summed E-state index contributed by atoms with van der Waals surface area (Å²) in [5, 5.41) is 6.31. The van der Waals surface area contributed by atoms with Crippen LogP contribution in [-0.4, -0.2) is 28.5 Å². The van der Waals surface area contributed by atoms with Crippen molar-refractivity contribution in [1.82, 2.24) is 14.9 Å². The fourth-order valence-electron chi connectivity index (χ4n) is 3.11. The van der Waals surface area contributed by atoms with E-state index in [0.717, 1.165) is 28.3 Å². The van der Waals surface area contributed by atoms with E-state index in [1.165, 1.54) is 0 Å². The number of pyridine rings is 1. The molecule has 0 aliphatic heterocycles. The van der Waals surface area contributed by atoms with Crippen molar-refractivity contribution in [3.63, 3.8) is 0 Å². The molecule has 0 spiro atoms. The molecule has 0 aliphatic carbocycles. The maximum absolute atomic E-state index is 12.6. The smallest absolute Gasteiger partial charge is 0.253 e. The summed E-state index contributed by atoms with van der Waals surface area (Å²) < 4.78 is 2.10. The highest BCUT2D eigenvalue weighted by molar-refractivity contribution is 5.95. The molecule has 0 saturated heterocycles. The van der Waals surface area contributed by atoms with Gasteiger partial charge in [0, 0.05) is 48.2 Å². The van der Waals surface area contributed by atoms with E-state index in [1.807, 2.05) is 69.4 Å². The van der Waals surface area contributed by atoms with Gasteiger partial charge in [0.1, 0.15) is 0 Å². The van der Waals surface area contributed by atoms with E-state index >= 15 is 0 Å². The fourth-order valence-corrected chi connectivity index (χ4v) is 3.11. The standard InChI is InChI=1S/C21H24N4O/c1-15-14-22-10-9-20(15)23-11-12-24-21(26)19-13-16(2)25(17(19)3)18-7-5-4-6-8-18/h4-10,13-14H,11-12H2,1-3H3,(H,22,23)(H,24,26). The van der Waals surface area contributed by atoms with E-state index in [1.54, 1.807) is 6.20 Å². The van der Waals surface area contributed by atoms with Gasteiger partial charge in [-0.05, 0) is 50.6 Å². The first-order chi connectivity index (χ1) is 12.6. The third kappa shape index (κ3) is 3.77. The second-order valence-corrected chi connectivity index (χ2v) is 6.33. The zero-order valence-electron chi connectivity index (χ0n) is 15.4. The van der Waals surface area contributed by atoms with Gasteiger partial charge in [-0.25, -0.2) is 0 Å². The third-order valence-corrected chi connectivity index (χ3v) is 4.44. The molecule has 0 fully saturated rings. The van der Waals surface area contributed by atoms with Crippen LogP contribution >= 0.6 is 0 Å². The maximum Gasteiger partial charge on any atom is 0.253 e. The Balaban J connectivity index is 1.63. The number of aryl methyl sites for hydroxylation is 2. The number of carbonyl (C=O) groups excluding carboxylic acids is 1. The van der Waals surface area contributed by atoms with Crippen LogP contribution in [-0.2, 0) is 0 Å². The molecule has 3 aromatic rings. The molecule has 5 nitrogen and oxygen atoms in total. The summed E-state index contributed by atoms with van der Waals surface area (Å²) >= 11 is 0. The number of rotatable bonds is 6. The Labute approximate surface area is 154 Å². The molecule has 134 valence electrons. The highest BCUT2D eigenvalue weighted by Gasteiger charge is 2.16. The predicted octanol–water partition coefficient (Wildman–Crippen LogP) is 3.64. The average molecular weight is 348 g/mol. The summed E-state index contributed by atoms with van der Waals surface area (Å²) in [7, 11) is 0. The Kier molecular flexibility index (Phi) is 5.37. The van der Waals surface area contributed by atoms with Crippen molar-refractivity contribution in [3.8, 4) is 5.69 Å². The SMILES string of the molecule is Cc1cnccc1NCCNC(=O)c1cc(C)n(-c2ccccc2)c1C. The van der Waals surface area contributed by atoms with Crippen LogP contribution in [0.4, 0.5) is 5.69 Å². The van der Waals surface area contributed by atoms with Crippen molar-refractivity contribution in [2.45, 2.75) is 20.8 Å². The molecule has 0 saturated carbocycles. The zero-order valence-corrected chi connectivity index (χ0v) is 15.4. The summed E-state index contributed by atoms with van der Waals surface area (Å²) in [5.74, 6) is -0.0477. The molecule has 0 atom stereocenters. The van der Waals surface area contributed by atoms with Gasteiger partial charge in [0.2, 0.25) is 0 Å². The van der Waals surface area contributed by atoms with Gasteiger partial charge in [-0.1, -0.05) is 18.2 Å². The van der Waals surface area contributed by atoms with Gasteiger partial charge in [0.05, 0.1) is 5.56 Å². The Hall–Kier alpha value is -3.08. The van der Waals surface area contributed by atoms with Crippen LogP contribution in [0.5, 0.6) is 0 Å². The van der Waals surface area contributed by atoms with E-state index in [2.05, 4.69) is 20.2 Å². The maximum atomic E-state index is 12.6. The molecule has 3 rings (SSSR count). The molecule has 1 amide bonds. The summed E-state index contributed by atoms with van der Waals surface area (Å²) in [6.45, 7) is 7.22. The lowest BCUT2D eigenvalue weighted by Crippen LogP contribution is -2.29. The number of nitrogens with one attached hydrogen (secondary N) is 2. The number of anilines is 1. The predicted molar refractivity (Wildman–Crippen MR) is 105 cm³/mol. The third-order valence-electron chi connectivity index (χ3n) is 4.44. The summed E-state index contributed by atoms with van der Waals surface area (Å²) in [6, 6.07) is 14.0. The van der Waals surface area contributed by atoms with E-state index in [9.17, 15) is 4.79 Å². The summed E-state index contributed by atoms with van der Waals surface area (Å²) in [6.07, 6.45) is 3.58. The quantitative estimate of drug-likeness (QED) is 0.669. The number of carbonyl (C=O) groups is 1. The van der Waals surface area contributed by atoms with Crippen molar-refractivity contribution < 1.29 is 4.79 Å². The molecular formula is C21H24N4O. The number of aromatic nitrogens is 2. The number of para-hydroxylation sites is 1. The molecule has 0 unspecified atom stereocenters. The number of amides is 1. The molecule has 0 aliphatic rings. The van der Waals surface area contributed by atoms with Crippen molar-refractivity contribution in [2.24, 2.45) is 0 Å². The van der Waals surface area contributed by atoms with Crippen LogP contribution in [0.15, 0.2) is 54.9 Å². The molecule has 2 aromatic heterocycles. The van der Waals surface area contributed by atoms with Crippen LogP contribution in [0, 0.1) is 20.8 Å². The van der Waals surface area contributed by atoms with E-state index in [0.29, 0.717) is 18.7 Å². The Morgan fingerprint density at radius 2 is 1.85 bits per heavy atom. The molecule has 5 heteroatoms. The van der Waals surface area contributed by atoms with Gasteiger partial charge >= 0.3 is 0 Å². The molecule has 0 radical (unpaired) electrons. The van der Waals surface area contributed by atoms with Gasteiger partial charge in [-0.3, -0.25) is 9.78 Å². The van der Waals surface area contributed by atoms with E-state index < -0.39 is 0 Å². The summed E-state index contributed by atoms with van der Waals surface area (Å²) in [5.41, 5.74) is 5.90. The van der Waals surface area contributed by atoms with Crippen molar-refractivity contribution in [3.05, 3.63) is 77.4 Å². The summed E-state index contributed by atoms with van der Waals surface area (Å²) in [4.78, 5) is 16.7. The minimum absolute atomic E-state index is 0.0477. The van der Waals surface area contributed by atoms with Gasteiger partial charge in [-0.2, -0.15) is 0 Å². The minimum atomic E-state index is -0.0477. The van der Waals surface area contributed by atoms with Gasteiger partial charge in [-0.15, -0.1) is 0 Å². The molecule has 2 N–H and O–H groups in total. The van der Waals surface area contributed by atoms with Crippen molar-refractivity contribution >= 4 is 11.6 Å². The topological polar surface area (TPSA) is 59.0 Å². The van der Waals surface area contributed by atoms with E-state index in [4.69, 9.17) is 0 Å². The van der Waals surface area contributed by atoms with Gasteiger partial charge < -0.3 is 15.2 Å². The number of hydrogen-bond acceptors (Lipinski definition) is 3. The second kappa shape index (κ2) is 7.87. The largest absolute Gasteiger partial charge is 0.383 e. The average Bonchev–Trinajstić information content (AvgIpc) is 2.95. The lowest BCUT2D eigenvalue weighted by Gasteiger charge is -2.11. The van der Waals surface area contributed by atoms with Gasteiger partial charge in [0.25, 0.3) is 5.91 Å². The highest BCUT2D eigenvalue weighted by atomic mass is 16.1. The van der Waals surface area contributed by atoms with Crippen LogP contribution in [0.2, 0.25) is 0 Å². The van der Waals surface area contributed by atoms with Crippen LogP contribution < -0.4 is 10.6 Å². The Morgan fingerprint density at radius 3 is 2.58 bits per heavy atom. The van der Waals surface area contributed by atoms with Crippen LogP contribution in [0.3, 0.4) is 0 Å². The number of nitrogens with zero attached hydrogens (tertiary/aromatic N) is 2. The minimum Gasteiger partial charge on any atom is -0.383 e. The van der Waals surface area contributed by atoms with Gasteiger partial charge in [0.15, 0.2) is 0 Å². The van der Waals surface area contributed by atoms with Crippen molar-refractivity contribution in [1.29, 1.82) is 0 Å². The van der Waals surface area contributed by atoms with Crippen LogP contribution in [0.1, 0.15) is 27.3 Å². The molecule has 1 aromatic carbocycles. The first-order valence-electron chi connectivity index (χ1n) is 8.75. The molecule has 26 heavy (non-hydrogen) atoms. The fraction of sp³-hybridized carbons (Fsp3) is 0.238. The monoisotopic (exact) mass is 348 g/mol. The first kappa shape index (κ1) is 17.7. The molecule has 0 bridgehead atoms. The first-order valence-corrected chi connectivity index (χ1v) is 8.75. The Bertz CT molecular complexity index is 900. The lowest BCUT2D eigenvalue weighted by atomic mass is 10.2. The second-order valence-electron chi connectivity index (χ2n) is 6.33. The Morgan fingerprint density at radius 1 is 1.08 bits per heavy atom. The molecule has 2 heterocycles. The van der Waals surface area contributed by atoms with E-state index in [-0.39, 0.29) is 5.91 Å². The molecular weight excluding hydrogens is 324 g/mol. The lowest BCUT2D eigenvalue weighted by molar-refractivity contribution is 0.0954. The number of hydrogen-bond donors (Lipinski definition) is 2. The normalized spacial score (nSPS) is 10.6.